The summed E-state index contributed by atoms with van der Waals surface area (Å²) < 4.78 is 53.0. The van der Waals surface area contributed by atoms with Crippen LogP contribution in [0.25, 0.3) is 23.0 Å². The minimum absolute atomic E-state index is 0.247. The molecule has 0 bridgehead atoms. The Morgan fingerprint density at radius 1 is 0.969 bits per heavy atom. The maximum atomic E-state index is 13.1. The number of rotatable bonds is 5. The summed E-state index contributed by atoms with van der Waals surface area (Å²) in [5.74, 6) is -0.753. The number of nitrogens with zero attached hydrogens (tertiary/aromatic N) is 3. The lowest BCUT2D eigenvalue weighted by Gasteiger charge is -2.07. The fraction of sp³-hybridized carbons (Fsp3) is 0.0417. The summed E-state index contributed by atoms with van der Waals surface area (Å²) in [5, 5.41) is 4.42. The van der Waals surface area contributed by atoms with Crippen LogP contribution in [-0.2, 0) is 6.18 Å². The molecule has 0 atom stereocenters. The van der Waals surface area contributed by atoms with Crippen LogP contribution in [0.15, 0.2) is 85.3 Å². The first-order chi connectivity index (χ1) is 15.3. The Hall–Kier alpha value is -4.07. The molecule has 2 heterocycles. The van der Waals surface area contributed by atoms with Gasteiger partial charge in [0.15, 0.2) is 5.78 Å². The van der Waals surface area contributed by atoms with Crippen LogP contribution in [0, 0.1) is 5.82 Å². The molecule has 0 fully saturated rings. The molecular formula is C24H15F4N3O. The van der Waals surface area contributed by atoms with Crippen molar-refractivity contribution >= 4 is 11.9 Å². The van der Waals surface area contributed by atoms with Crippen LogP contribution in [0.3, 0.4) is 0 Å². The van der Waals surface area contributed by atoms with Gasteiger partial charge in [0.1, 0.15) is 11.5 Å². The molecule has 2 aromatic carbocycles. The van der Waals surface area contributed by atoms with Crippen molar-refractivity contribution in [2.45, 2.75) is 6.18 Å². The predicted molar refractivity (Wildman–Crippen MR) is 112 cm³/mol. The highest BCUT2D eigenvalue weighted by molar-refractivity contribution is 6.10. The van der Waals surface area contributed by atoms with E-state index in [2.05, 4.69) is 10.1 Å². The molecule has 0 N–H and O–H groups in total. The Morgan fingerprint density at radius 3 is 2.31 bits per heavy atom. The number of benzene rings is 2. The van der Waals surface area contributed by atoms with E-state index in [9.17, 15) is 22.4 Å². The van der Waals surface area contributed by atoms with Gasteiger partial charge in [0.25, 0.3) is 0 Å². The molecule has 0 spiro atoms. The van der Waals surface area contributed by atoms with Crippen molar-refractivity contribution in [2.75, 3.05) is 0 Å². The topological polar surface area (TPSA) is 47.8 Å². The molecule has 0 aliphatic rings. The number of hydrogen-bond acceptors (Lipinski definition) is 3. The smallest absolute Gasteiger partial charge is 0.289 e. The molecule has 0 radical (unpaired) electrons. The maximum Gasteiger partial charge on any atom is 0.416 e. The third kappa shape index (κ3) is 4.64. The fourth-order valence-electron chi connectivity index (χ4n) is 3.04. The maximum absolute atomic E-state index is 13.1. The number of carbonyl (C=O) groups is 1. The van der Waals surface area contributed by atoms with Crippen molar-refractivity contribution in [3.05, 3.63) is 108 Å². The minimum atomic E-state index is -4.45. The van der Waals surface area contributed by atoms with E-state index in [0.717, 1.165) is 12.1 Å². The summed E-state index contributed by atoms with van der Waals surface area (Å²) in [6, 6.07) is 13.5. The highest BCUT2D eigenvalue weighted by Gasteiger charge is 2.30. The Labute approximate surface area is 180 Å². The number of carbonyl (C=O) groups excluding carboxylic acids is 1. The second-order valence-electron chi connectivity index (χ2n) is 6.87. The Balaban J connectivity index is 1.71. The lowest BCUT2D eigenvalue weighted by atomic mass is 10.1. The van der Waals surface area contributed by atoms with Gasteiger partial charge in [-0.3, -0.25) is 9.78 Å². The van der Waals surface area contributed by atoms with Gasteiger partial charge in [0.2, 0.25) is 0 Å². The van der Waals surface area contributed by atoms with Gasteiger partial charge in [-0.1, -0.05) is 18.2 Å². The second-order valence-corrected chi connectivity index (χ2v) is 6.87. The van der Waals surface area contributed by atoms with Gasteiger partial charge in [0.05, 0.1) is 16.8 Å². The van der Waals surface area contributed by atoms with E-state index in [0.29, 0.717) is 22.5 Å². The molecule has 4 aromatic rings. The fourth-order valence-corrected chi connectivity index (χ4v) is 3.04. The summed E-state index contributed by atoms with van der Waals surface area (Å²) in [7, 11) is 0. The molecule has 2 aromatic heterocycles. The quantitative estimate of drug-likeness (QED) is 0.219. The van der Waals surface area contributed by atoms with E-state index in [-0.39, 0.29) is 17.2 Å². The molecule has 0 aliphatic heterocycles. The molecule has 0 saturated heterocycles. The van der Waals surface area contributed by atoms with Crippen molar-refractivity contribution in [3.63, 3.8) is 0 Å². The third-order valence-corrected chi connectivity index (χ3v) is 4.67. The first kappa shape index (κ1) is 21.2. The average Bonchev–Trinajstić information content (AvgIpc) is 3.24. The highest BCUT2D eigenvalue weighted by atomic mass is 19.4. The molecule has 160 valence electrons. The predicted octanol–water partition coefficient (Wildman–Crippen LogP) is 5.99. The lowest BCUT2D eigenvalue weighted by molar-refractivity contribution is -0.137. The number of pyridine rings is 1. The Bertz CT molecular complexity index is 1260. The molecule has 32 heavy (non-hydrogen) atoms. The Morgan fingerprint density at radius 2 is 1.69 bits per heavy atom. The molecule has 0 unspecified atom stereocenters. The van der Waals surface area contributed by atoms with Crippen LogP contribution in [0.5, 0.6) is 0 Å². The van der Waals surface area contributed by atoms with Crippen molar-refractivity contribution < 1.29 is 22.4 Å². The van der Waals surface area contributed by atoms with Crippen LogP contribution in [0.2, 0.25) is 0 Å². The highest BCUT2D eigenvalue weighted by Crippen LogP contribution is 2.30. The number of ketones is 1. The number of aromatic nitrogens is 3. The van der Waals surface area contributed by atoms with E-state index in [1.165, 1.54) is 53.4 Å². The number of allylic oxidation sites excluding steroid dienone is 1. The van der Waals surface area contributed by atoms with Crippen LogP contribution >= 0.6 is 0 Å². The standard InChI is InChI=1S/C24H15F4N3O/c25-19-8-3-16(4-9-19)5-12-22(32)21-15-31(30-23(21)17-2-1-13-29-14-17)20-10-6-18(7-11-20)24(26,27)28/h1-15H. The minimum Gasteiger partial charge on any atom is -0.289 e. The second kappa shape index (κ2) is 8.58. The molecule has 4 nitrogen and oxygen atoms in total. The summed E-state index contributed by atoms with van der Waals surface area (Å²) >= 11 is 0. The molecule has 8 heteroatoms. The van der Waals surface area contributed by atoms with Gasteiger partial charge in [0, 0.05) is 24.2 Å². The van der Waals surface area contributed by atoms with Crippen LogP contribution in [-0.4, -0.2) is 20.5 Å². The summed E-state index contributed by atoms with van der Waals surface area (Å²) in [6.45, 7) is 0. The van der Waals surface area contributed by atoms with E-state index >= 15 is 0 Å². The van der Waals surface area contributed by atoms with Gasteiger partial charge < -0.3 is 0 Å². The molecule has 0 amide bonds. The van der Waals surface area contributed by atoms with E-state index in [1.54, 1.807) is 30.6 Å². The monoisotopic (exact) mass is 437 g/mol. The lowest BCUT2D eigenvalue weighted by Crippen LogP contribution is -2.05. The van der Waals surface area contributed by atoms with Crippen LogP contribution < -0.4 is 0 Å². The van der Waals surface area contributed by atoms with Gasteiger partial charge in [-0.15, -0.1) is 0 Å². The summed E-state index contributed by atoms with van der Waals surface area (Å²) in [4.78, 5) is 17.0. The average molecular weight is 437 g/mol. The number of alkyl halides is 3. The molecule has 0 saturated carbocycles. The van der Waals surface area contributed by atoms with Gasteiger partial charge in [-0.25, -0.2) is 9.07 Å². The van der Waals surface area contributed by atoms with Crippen molar-refractivity contribution in [1.82, 2.24) is 14.8 Å². The SMILES string of the molecule is O=C(C=Cc1ccc(F)cc1)c1cn(-c2ccc(C(F)(F)F)cc2)nc1-c1cccnc1. The number of halogens is 4. The van der Waals surface area contributed by atoms with E-state index < -0.39 is 11.7 Å². The number of hydrogen-bond donors (Lipinski definition) is 0. The summed E-state index contributed by atoms with van der Waals surface area (Å²) in [5.41, 5.74) is 1.39. The van der Waals surface area contributed by atoms with Crippen molar-refractivity contribution in [3.8, 4) is 16.9 Å². The largest absolute Gasteiger partial charge is 0.416 e. The normalized spacial score (nSPS) is 11.8. The van der Waals surface area contributed by atoms with E-state index in [1.807, 2.05) is 0 Å². The van der Waals surface area contributed by atoms with Crippen molar-refractivity contribution in [2.24, 2.45) is 0 Å². The zero-order valence-electron chi connectivity index (χ0n) is 16.4. The van der Waals surface area contributed by atoms with Crippen LogP contribution in [0.1, 0.15) is 21.5 Å². The first-order valence-corrected chi connectivity index (χ1v) is 9.47. The van der Waals surface area contributed by atoms with Crippen LogP contribution in [0.4, 0.5) is 17.6 Å². The van der Waals surface area contributed by atoms with E-state index in [4.69, 9.17) is 0 Å². The van der Waals surface area contributed by atoms with Gasteiger partial charge >= 0.3 is 6.18 Å². The zero-order valence-corrected chi connectivity index (χ0v) is 16.4. The molecule has 4 rings (SSSR count). The first-order valence-electron chi connectivity index (χ1n) is 9.47. The molecular weight excluding hydrogens is 422 g/mol. The molecule has 0 aliphatic carbocycles. The van der Waals surface area contributed by atoms with Crippen molar-refractivity contribution in [1.29, 1.82) is 0 Å². The Kier molecular flexibility index (Phi) is 5.68. The summed E-state index contributed by atoms with van der Waals surface area (Å²) in [6.07, 6.45) is 3.01. The zero-order chi connectivity index (χ0) is 22.7. The van der Waals surface area contributed by atoms with Gasteiger partial charge in [-0.05, 0) is 60.2 Å². The van der Waals surface area contributed by atoms with Gasteiger partial charge in [-0.2, -0.15) is 18.3 Å². The third-order valence-electron chi connectivity index (χ3n) is 4.67.